The van der Waals surface area contributed by atoms with Crippen molar-refractivity contribution in [3.63, 3.8) is 0 Å². The van der Waals surface area contributed by atoms with Crippen LogP contribution in [-0.2, 0) is 0 Å². The van der Waals surface area contributed by atoms with Gasteiger partial charge in [-0.15, -0.1) is 0 Å². The topological polar surface area (TPSA) is 92.5 Å². The number of hydrogen-bond donors (Lipinski definition) is 2. The van der Waals surface area contributed by atoms with Gasteiger partial charge >= 0.3 is 0 Å². The molecule has 0 aliphatic heterocycles. The summed E-state index contributed by atoms with van der Waals surface area (Å²) in [5.74, 6) is -0.579. The molecule has 0 heterocycles. The monoisotopic (exact) mass is 272 g/mol. The number of nitrogens with zero attached hydrogens (tertiary/aromatic N) is 1. The first kappa shape index (κ1) is 14.4. The van der Waals surface area contributed by atoms with E-state index in [0.717, 1.165) is 0 Å². The van der Waals surface area contributed by atoms with Gasteiger partial charge in [-0.1, -0.05) is 11.6 Å². The van der Waals surface area contributed by atoms with Gasteiger partial charge in [-0.05, 0) is 25.5 Å². The van der Waals surface area contributed by atoms with Crippen LogP contribution in [0.1, 0.15) is 23.7 Å². The molecule has 1 aromatic rings. The maximum atomic E-state index is 11.9. The van der Waals surface area contributed by atoms with Crippen LogP contribution >= 0.6 is 11.6 Å². The lowest BCUT2D eigenvalue weighted by Gasteiger charge is -2.12. The zero-order chi connectivity index (χ0) is 13.7. The Morgan fingerprint density at radius 1 is 1.61 bits per heavy atom. The summed E-state index contributed by atoms with van der Waals surface area (Å²) in [5, 5.41) is 22.3. The van der Waals surface area contributed by atoms with Crippen molar-refractivity contribution >= 4 is 23.2 Å². The van der Waals surface area contributed by atoms with E-state index in [4.69, 9.17) is 16.7 Å². The van der Waals surface area contributed by atoms with Crippen LogP contribution in [0.2, 0.25) is 5.02 Å². The number of aliphatic hydroxyl groups is 1. The lowest BCUT2D eigenvalue weighted by Crippen LogP contribution is -2.33. The Kier molecular flexibility index (Phi) is 5.06. The molecule has 0 saturated heterocycles. The second-order valence-electron chi connectivity index (χ2n) is 3.81. The summed E-state index contributed by atoms with van der Waals surface area (Å²) in [5.41, 5.74) is -0.384. The van der Waals surface area contributed by atoms with E-state index in [1.165, 1.54) is 18.2 Å². The van der Waals surface area contributed by atoms with Crippen molar-refractivity contribution in [2.45, 2.75) is 19.4 Å². The highest BCUT2D eigenvalue weighted by Gasteiger charge is 2.21. The van der Waals surface area contributed by atoms with E-state index in [9.17, 15) is 14.9 Å². The number of carbonyl (C=O) groups is 1. The molecule has 6 nitrogen and oxygen atoms in total. The first-order valence-electron chi connectivity index (χ1n) is 5.31. The van der Waals surface area contributed by atoms with Crippen LogP contribution in [0.15, 0.2) is 18.2 Å². The average Bonchev–Trinajstić information content (AvgIpc) is 2.28. The van der Waals surface area contributed by atoms with Gasteiger partial charge < -0.3 is 10.4 Å². The molecule has 0 spiro atoms. The molecule has 1 rings (SSSR count). The molecule has 2 N–H and O–H groups in total. The highest BCUT2D eigenvalue weighted by molar-refractivity contribution is 6.31. The van der Waals surface area contributed by atoms with E-state index >= 15 is 0 Å². The minimum absolute atomic E-state index is 0.0704. The Balaban J connectivity index is 2.97. The number of hydrogen-bond acceptors (Lipinski definition) is 4. The molecule has 0 bridgehead atoms. The summed E-state index contributed by atoms with van der Waals surface area (Å²) in [6.45, 7) is 1.63. The number of benzene rings is 1. The zero-order valence-electron chi connectivity index (χ0n) is 9.72. The minimum Gasteiger partial charge on any atom is -0.396 e. The lowest BCUT2D eigenvalue weighted by atomic mass is 10.1. The van der Waals surface area contributed by atoms with Gasteiger partial charge in [-0.3, -0.25) is 14.9 Å². The van der Waals surface area contributed by atoms with Gasteiger partial charge in [0.05, 0.1) is 4.92 Å². The molecule has 1 unspecified atom stereocenters. The summed E-state index contributed by atoms with van der Waals surface area (Å²) in [6.07, 6.45) is 0.375. The summed E-state index contributed by atoms with van der Waals surface area (Å²) >= 11 is 5.72. The lowest BCUT2D eigenvalue weighted by molar-refractivity contribution is -0.385. The quantitative estimate of drug-likeness (QED) is 0.631. The van der Waals surface area contributed by atoms with E-state index in [2.05, 4.69) is 5.32 Å². The molecular weight excluding hydrogens is 260 g/mol. The van der Waals surface area contributed by atoms with Crippen molar-refractivity contribution in [2.24, 2.45) is 0 Å². The maximum absolute atomic E-state index is 11.9. The SMILES string of the molecule is CC(CCO)NC(=O)c1cc(Cl)ccc1[N+](=O)[O-]. The number of nitro benzene ring substituents is 1. The number of rotatable bonds is 5. The Morgan fingerprint density at radius 3 is 2.83 bits per heavy atom. The molecule has 7 heteroatoms. The van der Waals surface area contributed by atoms with Crippen molar-refractivity contribution in [3.8, 4) is 0 Å². The third-order valence-corrected chi connectivity index (χ3v) is 2.57. The van der Waals surface area contributed by atoms with Crippen LogP contribution < -0.4 is 5.32 Å². The van der Waals surface area contributed by atoms with E-state index in [1.54, 1.807) is 6.92 Å². The number of nitro groups is 1. The van der Waals surface area contributed by atoms with E-state index in [-0.39, 0.29) is 28.9 Å². The van der Waals surface area contributed by atoms with Crippen LogP contribution in [0.5, 0.6) is 0 Å². The molecule has 0 fully saturated rings. The normalized spacial score (nSPS) is 11.9. The summed E-state index contributed by atoms with van der Waals surface area (Å²) in [7, 11) is 0. The van der Waals surface area contributed by atoms with Crippen LogP contribution in [-0.4, -0.2) is 28.6 Å². The van der Waals surface area contributed by atoms with E-state index in [0.29, 0.717) is 6.42 Å². The number of amides is 1. The largest absolute Gasteiger partial charge is 0.396 e. The predicted molar refractivity (Wildman–Crippen MR) is 66.7 cm³/mol. The molecule has 98 valence electrons. The fourth-order valence-corrected chi connectivity index (χ4v) is 1.59. The van der Waals surface area contributed by atoms with Crippen molar-refractivity contribution < 1.29 is 14.8 Å². The van der Waals surface area contributed by atoms with E-state index < -0.39 is 10.8 Å². The van der Waals surface area contributed by atoms with Gasteiger partial charge in [0.25, 0.3) is 11.6 Å². The fraction of sp³-hybridized carbons (Fsp3) is 0.364. The van der Waals surface area contributed by atoms with Gasteiger partial charge in [-0.25, -0.2) is 0 Å². The second kappa shape index (κ2) is 6.32. The average molecular weight is 273 g/mol. The zero-order valence-corrected chi connectivity index (χ0v) is 10.5. The van der Waals surface area contributed by atoms with Crippen molar-refractivity contribution in [1.29, 1.82) is 0 Å². The fourth-order valence-electron chi connectivity index (χ4n) is 1.42. The second-order valence-corrected chi connectivity index (χ2v) is 4.24. The van der Waals surface area contributed by atoms with Crippen molar-refractivity contribution in [2.75, 3.05) is 6.61 Å². The Morgan fingerprint density at radius 2 is 2.28 bits per heavy atom. The number of halogens is 1. The van der Waals surface area contributed by atoms with Gasteiger partial charge in [-0.2, -0.15) is 0 Å². The Hall–Kier alpha value is -1.66. The molecule has 18 heavy (non-hydrogen) atoms. The summed E-state index contributed by atoms with van der Waals surface area (Å²) in [6, 6.07) is 3.52. The van der Waals surface area contributed by atoms with Crippen LogP contribution in [0.3, 0.4) is 0 Å². The van der Waals surface area contributed by atoms with Crippen molar-refractivity contribution in [3.05, 3.63) is 38.9 Å². The van der Waals surface area contributed by atoms with Crippen molar-refractivity contribution in [1.82, 2.24) is 5.32 Å². The first-order chi connectivity index (χ1) is 8.45. The van der Waals surface area contributed by atoms with Crippen LogP contribution in [0, 0.1) is 10.1 Å². The minimum atomic E-state index is -0.637. The molecule has 0 saturated carbocycles. The third kappa shape index (κ3) is 3.68. The number of aliphatic hydroxyl groups excluding tert-OH is 1. The molecule has 1 atom stereocenters. The Bertz CT molecular complexity index is 464. The first-order valence-corrected chi connectivity index (χ1v) is 5.69. The van der Waals surface area contributed by atoms with Gasteiger partial charge in [0.2, 0.25) is 0 Å². The molecule has 1 aromatic carbocycles. The number of nitrogens with one attached hydrogen (secondary N) is 1. The van der Waals surface area contributed by atoms with Gasteiger partial charge in [0, 0.05) is 23.7 Å². The van der Waals surface area contributed by atoms with E-state index in [1.807, 2.05) is 0 Å². The molecular formula is C11H13ClN2O4. The van der Waals surface area contributed by atoms with Crippen LogP contribution in [0.4, 0.5) is 5.69 Å². The highest BCUT2D eigenvalue weighted by Crippen LogP contribution is 2.22. The maximum Gasteiger partial charge on any atom is 0.282 e. The highest BCUT2D eigenvalue weighted by atomic mass is 35.5. The summed E-state index contributed by atoms with van der Waals surface area (Å²) in [4.78, 5) is 22.0. The molecule has 0 aromatic heterocycles. The molecule has 1 amide bonds. The smallest absolute Gasteiger partial charge is 0.282 e. The molecule has 0 aliphatic rings. The molecule has 0 radical (unpaired) electrons. The Labute approximate surface area is 109 Å². The predicted octanol–water partition coefficient (Wildman–Crippen LogP) is 1.75. The van der Waals surface area contributed by atoms with Crippen LogP contribution in [0.25, 0.3) is 0 Å². The van der Waals surface area contributed by atoms with Gasteiger partial charge in [0.1, 0.15) is 5.56 Å². The third-order valence-electron chi connectivity index (χ3n) is 2.34. The number of carbonyl (C=O) groups excluding carboxylic acids is 1. The molecule has 0 aliphatic carbocycles. The van der Waals surface area contributed by atoms with Gasteiger partial charge in [0.15, 0.2) is 0 Å². The summed E-state index contributed by atoms with van der Waals surface area (Å²) < 4.78 is 0. The standard InChI is InChI=1S/C11H13ClN2O4/c1-7(4-5-15)13-11(16)9-6-8(12)2-3-10(9)14(17)18/h2-3,6-7,15H,4-5H2,1H3,(H,13,16).